The molecule has 1 heterocycles. The molecule has 0 saturated carbocycles. The lowest BCUT2D eigenvalue weighted by atomic mass is 10.2. The Morgan fingerprint density at radius 1 is 1.25 bits per heavy atom. The highest BCUT2D eigenvalue weighted by Crippen LogP contribution is 2.14. The first-order valence-electron chi connectivity index (χ1n) is 5.14. The normalized spacial score (nSPS) is 10.2. The molecule has 0 saturated heterocycles. The molecule has 82 valence electrons. The molecule has 1 amide bonds. The molecule has 0 spiro atoms. The van der Waals surface area contributed by atoms with Crippen molar-refractivity contribution in [3.05, 3.63) is 36.4 Å². The molecule has 0 unspecified atom stereocenters. The SMILES string of the molecule is NC(=O)CCNc1ccc2ccccc2n1. The Labute approximate surface area is 93.5 Å². The van der Waals surface area contributed by atoms with Gasteiger partial charge in [0, 0.05) is 18.4 Å². The number of hydrogen-bond donors (Lipinski definition) is 2. The van der Waals surface area contributed by atoms with Crippen LogP contribution in [0.15, 0.2) is 36.4 Å². The van der Waals surface area contributed by atoms with Gasteiger partial charge in [0.25, 0.3) is 0 Å². The van der Waals surface area contributed by atoms with Gasteiger partial charge in [0.1, 0.15) is 5.82 Å². The Balaban J connectivity index is 2.10. The number of amides is 1. The summed E-state index contributed by atoms with van der Waals surface area (Å²) in [5.74, 6) is 0.452. The molecule has 0 bridgehead atoms. The predicted octanol–water partition coefficient (Wildman–Crippen LogP) is 1.52. The number of nitrogens with one attached hydrogen (secondary N) is 1. The Bertz CT molecular complexity index is 510. The molecule has 0 aliphatic rings. The first-order valence-corrected chi connectivity index (χ1v) is 5.14. The van der Waals surface area contributed by atoms with Crippen molar-refractivity contribution in [3.8, 4) is 0 Å². The van der Waals surface area contributed by atoms with Gasteiger partial charge in [-0.2, -0.15) is 0 Å². The molecule has 0 radical (unpaired) electrons. The van der Waals surface area contributed by atoms with E-state index in [-0.39, 0.29) is 5.91 Å². The molecule has 0 aliphatic heterocycles. The minimum Gasteiger partial charge on any atom is -0.370 e. The summed E-state index contributed by atoms with van der Waals surface area (Å²) in [5.41, 5.74) is 5.98. The highest BCUT2D eigenvalue weighted by molar-refractivity contribution is 5.80. The van der Waals surface area contributed by atoms with Crippen LogP contribution >= 0.6 is 0 Å². The number of nitrogens with zero attached hydrogens (tertiary/aromatic N) is 1. The van der Waals surface area contributed by atoms with E-state index in [1.54, 1.807) is 0 Å². The van der Waals surface area contributed by atoms with E-state index in [0.29, 0.717) is 13.0 Å². The number of fused-ring (bicyclic) bond motifs is 1. The van der Waals surface area contributed by atoms with E-state index in [1.165, 1.54) is 0 Å². The van der Waals surface area contributed by atoms with Gasteiger partial charge in [0.2, 0.25) is 5.91 Å². The predicted molar refractivity (Wildman–Crippen MR) is 64.0 cm³/mol. The first kappa shape index (κ1) is 10.4. The van der Waals surface area contributed by atoms with Gasteiger partial charge in [-0.15, -0.1) is 0 Å². The third-order valence-electron chi connectivity index (χ3n) is 2.28. The highest BCUT2D eigenvalue weighted by atomic mass is 16.1. The van der Waals surface area contributed by atoms with Crippen LogP contribution in [0.5, 0.6) is 0 Å². The molecule has 0 aliphatic carbocycles. The zero-order valence-corrected chi connectivity index (χ0v) is 8.81. The van der Waals surface area contributed by atoms with E-state index in [1.807, 2.05) is 36.4 Å². The summed E-state index contributed by atoms with van der Waals surface area (Å²) < 4.78 is 0. The summed E-state index contributed by atoms with van der Waals surface area (Å²) in [5, 5.41) is 4.16. The maximum Gasteiger partial charge on any atom is 0.219 e. The van der Waals surface area contributed by atoms with Crippen LogP contribution in [0.1, 0.15) is 6.42 Å². The largest absolute Gasteiger partial charge is 0.370 e. The van der Waals surface area contributed by atoms with E-state index >= 15 is 0 Å². The monoisotopic (exact) mass is 215 g/mol. The van der Waals surface area contributed by atoms with Gasteiger partial charge >= 0.3 is 0 Å². The average molecular weight is 215 g/mol. The van der Waals surface area contributed by atoms with Gasteiger partial charge in [-0.05, 0) is 18.2 Å². The second-order valence-electron chi connectivity index (χ2n) is 3.53. The number of rotatable bonds is 4. The topological polar surface area (TPSA) is 68.0 Å². The molecule has 1 aromatic carbocycles. The Hall–Kier alpha value is -2.10. The van der Waals surface area contributed by atoms with Crippen LogP contribution in [0.4, 0.5) is 5.82 Å². The van der Waals surface area contributed by atoms with E-state index in [9.17, 15) is 4.79 Å². The van der Waals surface area contributed by atoms with Crippen molar-refractivity contribution >= 4 is 22.6 Å². The van der Waals surface area contributed by atoms with Crippen molar-refractivity contribution in [1.29, 1.82) is 0 Å². The smallest absolute Gasteiger partial charge is 0.219 e. The van der Waals surface area contributed by atoms with Crippen molar-refractivity contribution in [2.75, 3.05) is 11.9 Å². The van der Waals surface area contributed by atoms with Gasteiger partial charge in [-0.3, -0.25) is 4.79 Å². The second-order valence-corrected chi connectivity index (χ2v) is 3.53. The van der Waals surface area contributed by atoms with Crippen LogP contribution in [0, 0.1) is 0 Å². The van der Waals surface area contributed by atoms with Crippen LogP contribution in [-0.4, -0.2) is 17.4 Å². The third kappa shape index (κ3) is 2.48. The molecule has 3 N–H and O–H groups in total. The van der Waals surface area contributed by atoms with E-state index < -0.39 is 0 Å². The fourth-order valence-electron chi connectivity index (χ4n) is 1.48. The standard InChI is InChI=1S/C12H13N3O/c13-11(16)7-8-14-12-6-5-9-3-1-2-4-10(9)15-12/h1-6H,7-8H2,(H2,13,16)(H,14,15). The number of nitrogens with two attached hydrogens (primary N) is 1. The summed E-state index contributed by atoms with van der Waals surface area (Å²) in [6.07, 6.45) is 0.314. The molecule has 1 aromatic heterocycles. The molecule has 4 nitrogen and oxygen atoms in total. The summed E-state index contributed by atoms with van der Waals surface area (Å²) >= 11 is 0. The molecule has 2 rings (SSSR count). The zero-order valence-electron chi connectivity index (χ0n) is 8.81. The van der Waals surface area contributed by atoms with Crippen molar-refractivity contribution < 1.29 is 4.79 Å². The number of anilines is 1. The van der Waals surface area contributed by atoms with E-state index in [0.717, 1.165) is 16.7 Å². The van der Waals surface area contributed by atoms with Crippen molar-refractivity contribution in [2.45, 2.75) is 6.42 Å². The number of aromatic nitrogens is 1. The lowest BCUT2D eigenvalue weighted by molar-refractivity contribution is -0.117. The summed E-state index contributed by atoms with van der Waals surface area (Å²) in [6.45, 7) is 0.515. The number of primary amides is 1. The van der Waals surface area contributed by atoms with Crippen LogP contribution in [-0.2, 0) is 4.79 Å². The molecule has 2 aromatic rings. The second kappa shape index (κ2) is 4.61. The summed E-state index contributed by atoms with van der Waals surface area (Å²) in [7, 11) is 0. The summed E-state index contributed by atoms with van der Waals surface area (Å²) in [6, 6.07) is 11.8. The molecular weight excluding hydrogens is 202 g/mol. The zero-order chi connectivity index (χ0) is 11.4. The number of carbonyl (C=O) groups excluding carboxylic acids is 1. The van der Waals surface area contributed by atoms with Crippen LogP contribution in [0.2, 0.25) is 0 Å². The van der Waals surface area contributed by atoms with Gasteiger partial charge in [0.15, 0.2) is 0 Å². The van der Waals surface area contributed by atoms with Crippen LogP contribution in [0.3, 0.4) is 0 Å². The Morgan fingerprint density at radius 2 is 2.06 bits per heavy atom. The fraction of sp³-hybridized carbons (Fsp3) is 0.167. The molecule has 16 heavy (non-hydrogen) atoms. The molecule has 4 heteroatoms. The quantitative estimate of drug-likeness (QED) is 0.812. The number of para-hydroxylation sites is 1. The molecule has 0 fully saturated rings. The Morgan fingerprint density at radius 3 is 2.88 bits per heavy atom. The van der Waals surface area contributed by atoms with Crippen molar-refractivity contribution in [1.82, 2.24) is 4.98 Å². The summed E-state index contributed by atoms with van der Waals surface area (Å²) in [4.78, 5) is 15.0. The average Bonchev–Trinajstić information content (AvgIpc) is 2.28. The molecule has 0 atom stereocenters. The lowest BCUT2D eigenvalue weighted by Crippen LogP contribution is -2.16. The van der Waals surface area contributed by atoms with Crippen molar-refractivity contribution in [2.24, 2.45) is 5.73 Å². The highest BCUT2D eigenvalue weighted by Gasteiger charge is 1.98. The number of pyridine rings is 1. The van der Waals surface area contributed by atoms with Crippen LogP contribution < -0.4 is 11.1 Å². The fourth-order valence-corrected chi connectivity index (χ4v) is 1.48. The van der Waals surface area contributed by atoms with E-state index in [4.69, 9.17) is 5.73 Å². The van der Waals surface area contributed by atoms with Gasteiger partial charge < -0.3 is 11.1 Å². The van der Waals surface area contributed by atoms with E-state index in [2.05, 4.69) is 10.3 Å². The minimum atomic E-state index is -0.312. The van der Waals surface area contributed by atoms with Crippen molar-refractivity contribution in [3.63, 3.8) is 0 Å². The minimum absolute atomic E-state index is 0.312. The lowest BCUT2D eigenvalue weighted by Gasteiger charge is -2.05. The Kier molecular flexibility index (Phi) is 3.00. The molecular formula is C12H13N3O. The number of hydrogen-bond acceptors (Lipinski definition) is 3. The van der Waals surface area contributed by atoms with Gasteiger partial charge in [-0.1, -0.05) is 18.2 Å². The number of benzene rings is 1. The number of carbonyl (C=O) groups is 1. The first-order chi connectivity index (χ1) is 7.75. The maximum atomic E-state index is 10.6. The third-order valence-corrected chi connectivity index (χ3v) is 2.28. The van der Waals surface area contributed by atoms with Gasteiger partial charge in [-0.25, -0.2) is 4.98 Å². The van der Waals surface area contributed by atoms with Gasteiger partial charge in [0.05, 0.1) is 5.52 Å². The van der Waals surface area contributed by atoms with Crippen LogP contribution in [0.25, 0.3) is 10.9 Å². The maximum absolute atomic E-state index is 10.6.